The summed E-state index contributed by atoms with van der Waals surface area (Å²) in [6, 6.07) is 13.7. The molecule has 28 heavy (non-hydrogen) atoms. The van der Waals surface area contributed by atoms with Crippen molar-refractivity contribution >= 4 is 16.7 Å². The minimum Gasteiger partial charge on any atom is -0.352 e. The lowest BCUT2D eigenvalue weighted by molar-refractivity contribution is -0.122. The average molecular weight is 377 g/mol. The molecule has 0 spiro atoms. The van der Waals surface area contributed by atoms with Crippen molar-refractivity contribution in [2.45, 2.75) is 53.1 Å². The Balaban J connectivity index is 2.12. The summed E-state index contributed by atoms with van der Waals surface area (Å²) in [5, 5.41) is 8.97. The smallest absolute Gasteiger partial charge is 0.275 e. The summed E-state index contributed by atoms with van der Waals surface area (Å²) in [5.74, 6) is -0.189. The predicted octanol–water partition coefficient (Wildman–Crippen LogP) is 3.99. The molecule has 1 aromatic heterocycles. The van der Waals surface area contributed by atoms with E-state index < -0.39 is 0 Å². The number of benzene rings is 2. The summed E-state index contributed by atoms with van der Waals surface area (Å²) in [5.41, 5.74) is 3.66. The molecule has 0 bridgehead atoms. The Morgan fingerprint density at radius 3 is 2.43 bits per heavy atom. The standard InChI is InChI=1S/C23H27N3O2/c1-5-17(6-2)24-21(27)14-26-23(28)19-10-8-7-9-18(19)22(25-26)20-13-15(3)11-12-16(20)4/h7-13,17H,5-6,14H2,1-4H3,(H,24,27). The van der Waals surface area contributed by atoms with Crippen LogP contribution >= 0.6 is 0 Å². The summed E-state index contributed by atoms with van der Waals surface area (Å²) in [6.07, 6.45) is 1.71. The molecule has 0 unspecified atom stereocenters. The molecule has 0 atom stereocenters. The van der Waals surface area contributed by atoms with Gasteiger partial charge in [-0.25, -0.2) is 4.68 Å². The number of fused-ring (bicyclic) bond motifs is 1. The number of amides is 1. The third-order valence-corrected chi connectivity index (χ3v) is 5.16. The van der Waals surface area contributed by atoms with Gasteiger partial charge < -0.3 is 5.32 Å². The van der Waals surface area contributed by atoms with Gasteiger partial charge in [-0.3, -0.25) is 9.59 Å². The Labute approximate surface area is 165 Å². The van der Waals surface area contributed by atoms with Gasteiger partial charge in [0.05, 0.1) is 11.1 Å². The van der Waals surface area contributed by atoms with Crippen LogP contribution in [0.15, 0.2) is 47.3 Å². The van der Waals surface area contributed by atoms with E-state index in [2.05, 4.69) is 28.6 Å². The van der Waals surface area contributed by atoms with Crippen molar-refractivity contribution < 1.29 is 4.79 Å². The monoisotopic (exact) mass is 377 g/mol. The first-order valence-electron chi connectivity index (χ1n) is 9.81. The Hall–Kier alpha value is -2.95. The average Bonchev–Trinajstić information content (AvgIpc) is 2.70. The second-order valence-corrected chi connectivity index (χ2v) is 7.26. The van der Waals surface area contributed by atoms with Gasteiger partial charge in [-0.15, -0.1) is 0 Å². The van der Waals surface area contributed by atoms with Crippen LogP contribution < -0.4 is 10.9 Å². The highest BCUT2D eigenvalue weighted by Gasteiger charge is 2.16. The minimum atomic E-state index is -0.246. The van der Waals surface area contributed by atoms with Gasteiger partial charge in [-0.05, 0) is 44.4 Å². The number of aromatic nitrogens is 2. The Morgan fingerprint density at radius 2 is 1.75 bits per heavy atom. The molecule has 1 heterocycles. The molecule has 0 radical (unpaired) electrons. The molecule has 3 aromatic rings. The van der Waals surface area contributed by atoms with Crippen LogP contribution in [0.4, 0.5) is 0 Å². The molecule has 0 saturated carbocycles. The summed E-state index contributed by atoms with van der Waals surface area (Å²) in [4.78, 5) is 25.4. The van der Waals surface area contributed by atoms with Gasteiger partial charge in [-0.1, -0.05) is 49.7 Å². The minimum absolute atomic E-state index is 0.0853. The van der Waals surface area contributed by atoms with Gasteiger partial charge >= 0.3 is 0 Å². The van der Waals surface area contributed by atoms with Crippen LogP contribution in [0.5, 0.6) is 0 Å². The van der Waals surface area contributed by atoms with Crippen molar-refractivity contribution in [3.05, 3.63) is 63.9 Å². The molecule has 5 heteroatoms. The zero-order chi connectivity index (χ0) is 20.3. The van der Waals surface area contributed by atoms with Crippen LogP contribution in [0.25, 0.3) is 22.0 Å². The number of carbonyl (C=O) groups is 1. The van der Waals surface area contributed by atoms with Gasteiger partial charge in [0.25, 0.3) is 5.56 Å². The van der Waals surface area contributed by atoms with E-state index in [-0.39, 0.29) is 24.1 Å². The molecule has 0 aliphatic rings. The van der Waals surface area contributed by atoms with E-state index in [0.717, 1.165) is 40.6 Å². The van der Waals surface area contributed by atoms with Gasteiger partial charge in [-0.2, -0.15) is 5.10 Å². The molecule has 146 valence electrons. The van der Waals surface area contributed by atoms with Gasteiger partial charge in [0.15, 0.2) is 0 Å². The number of rotatable bonds is 6. The summed E-state index contributed by atoms with van der Waals surface area (Å²) < 4.78 is 1.29. The zero-order valence-corrected chi connectivity index (χ0v) is 17.0. The first-order chi connectivity index (χ1) is 13.4. The molecule has 5 nitrogen and oxygen atoms in total. The van der Waals surface area contributed by atoms with Crippen LogP contribution in [0.3, 0.4) is 0 Å². The van der Waals surface area contributed by atoms with E-state index >= 15 is 0 Å². The first-order valence-corrected chi connectivity index (χ1v) is 9.81. The molecule has 3 rings (SSSR count). The fourth-order valence-corrected chi connectivity index (χ4v) is 3.43. The van der Waals surface area contributed by atoms with Gasteiger partial charge in [0, 0.05) is 17.0 Å². The highest BCUT2D eigenvalue weighted by Crippen LogP contribution is 2.28. The van der Waals surface area contributed by atoms with Crippen molar-refractivity contribution in [2.75, 3.05) is 0 Å². The predicted molar refractivity (Wildman–Crippen MR) is 113 cm³/mol. The fourth-order valence-electron chi connectivity index (χ4n) is 3.43. The second-order valence-electron chi connectivity index (χ2n) is 7.26. The normalized spacial score (nSPS) is 11.2. The van der Waals surface area contributed by atoms with Crippen molar-refractivity contribution in [3.63, 3.8) is 0 Å². The topological polar surface area (TPSA) is 64.0 Å². The van der Waals surface area contributed by atoms with E-state index in [4.69, 9.17) is 0 Å². The van der Waals surface area contributed by atoms with Crippen LogP contribution in [0, 0.1) is 13.8 Å². The number of nitrogens with one attached hydrogen (secondary N) is 1. The molecule has 1 N–H and O–H groups in total. The van der Waals surface area contributed by atoms with E-state index in [1.54, 1.807) is 6.07 Å². The molecule has 0 aliphatic carbocycles. The van der Waals surface area contributed by atoms with E-state index in [1.807, 2.05) is 45.9 Å². The number of hydrogen-bond donors (Lipinski definition) is 1. The highest BCUT2D eigenvalue weighted by atomic mass is 16.2. The maximum Gasteiger partial charge on any atom is 0.275 e. The van der Waals surface area contributed by atoms with Crippen LogP contribution in [0.1, 0.15) is 37.8 Å². The first kappa shape index (κ1) is 19.8. The van der Waals surface area contributed by atoms with Crippen molar-refractivity contribution in [3.8, 4) is 11.3 Å². The Bertz CT molecular complexity index is 1070. The lowest BCUT2D eigenvalue weighted by atomic mass is 9.99. The van der Waals surface area contributed by atoms with Crippen molar-refractivity contribution in [1.29, 1.82) is 0 Å². The van der Waals surface area contributed by atoms with Crippen LogP contribution in [-0.4, -0.2) is 21.7 Å². The number of aryl methyl sites for hydroxylation is 2. The third kappa shape index (κ3) is 3.98. The Morgan fingerprint density at radius 1 is 1.07 bits per heavy atom. The SMILES string of the molecule is CCC(CC)NC(=O)Cn1nc(-c2cc(C)ccc2C)c2ccccc2c1=O. The zero-order valence-electron chi connectivity index (χ0n) is 17.0. The Kier molecular flexibility index (Phi) is 5.93. The van der Waals surface area contributed by atoms with Crippen molar-refractivity contribution in [2.24, 2.45) is 0 Å². The second kappa shape index (κ2) is 8.38. The van der Waals surface area contributed by atoms with E-state index in [9.17, 15) is 9.59 Å². The maximum absolute atomic E-state index is 12.9. The fraction of sp³-hybridized carbons (Fsp3) is 0.348. The molecule has 1 amide bonds. The maximum atomic E-state index is 12.9. The lowest BCUT2D eigenvalue weighted by Crippen LogP contribution is -2.39. The summed E-state index contributed by atoms with van der Waals surface area (Å²) >= 11 is 0. The number of carbonyl (C=O) groups excluding carboxylic acids is 1. The number of nitrogens with zero attached hydrogens (tertiary/aromatic N) is 2. The molecule has 0 fully saturated rings. The quantitative estimate of drug-likeness (QED) is 0.706. The van der Waals surface area contributed by atoms with Gasteiger partial charge in [0.2, 0.25) is 5.91 Å². The summed E-state index contributed by atoms with van der Waals surface area (Å²) in [7, 11) is 0. The van der Waals surface area contributed by atoms with Crippen molar-refractivity contribution in [1.82, 2.24) is 15.1 Å². The molecule has 0 saturated heterocycles. The lowest BCUT2D eigenvalue weighted by Gasteiger charge is -2.16. The largest absolute Gasteiger partial charge is 0.352 e. The molecule has 0 aliphatic heterocycles. The number of hydrogen-bond acceptors (Lipinski definition) is 3. The van der Waals surface area contributed by atoms with Crippen LogP contribution in [0.2, 0.25) is 0 Å². The highest BCUT2D eigenvalue weighted by molar-refractivity contribution is 5.94. The molecular weight excluding hydrogens is 350 g/mol. The molecular formula is C23H27N3O2. The summed E-state index contributed by atoms with van der Waals surface area (Å²) in [6.45, 7) is 8.05. The third-order valence-electron chi connectivity index (χ3n) is 5.16. The van der Waals surface area contributed by atoms with Gasteiger partial charge in [0.1, 0.15) is 6.54 Å². The van der Waals surface area contributed by atoms with E-state index in [0.29, 0.717) is 5.39 Å². The van der Waals surface area contributed by atoms with E-state index in [1.165, 1.54) is 4.68 Å². The van der Waals surface area contributed by atoms with Crippen LogP contribution in [-0.2, 0) is 11.3 Å². The molecule has 2 aromatic carbocycles.